The summed E-state index contributed by atoms with van der Waals surface area (Å²) in [7, 11) is 0. The van der Waals surface area contributed by atoms with Crippen LogP contribution in [0, 0.1) is 0 Å². The Morgan fingerprint density at radius 3 is 2.56 bits per heavy atom. The number of carbonyl (C=O) groups is 1. The Kier molecular flexibility index (Phi) is 2.95. The van der Waals surface area contributed by atoms with Gasteiger partial charge in [0, 0.05) is 6.20 Å². The van der Waals surface area contributed by atoms with Crippen molar-refractivity contribution in [3.05, 3.63) is 24.4 Å². The zero-order valence-electron chi connectivity index (χ0n) is 9.94. The first kappa shape index (κ1) is 11.1. The summed E-state index contributed by atoms with van der Waals surface area (Å²) < 4.78 is 0. The summed E-state index contributed by atoms with van der Waals surface area (Å²) in [6.07, 6.45) is 11.6. The van der Waals surface area contributed by atoms with Crippen LogP contribution in [-0.2, 0) is 4.79 Å². The number of amidine groups is 1. The Morgan fingerprint density at radius 1 is 1.25 bits per heavy atom. The van der Waals surface area contributed by atoms with Crippen molar-refractivity contribution in [1.29, 1.82) is 0 Å². The van der Waals surface area contributed by atoms with Crippen LogP contribution in [0.15, 0.2) is 29.4 Å². The van der Waals surface area contributed by atoms with Crippen molar-refractivity contribution in [1.82, 2.24) is 4.90 Å². The molecule has 0 N–H and O–H groups in total. The third-order valence-electron chi connectivity index (χ3n) is 3.24. The highest BCUT2D eigenvalue weighted by Gasteiger charge is 2.47. The molecule has 0 aliphatic carbocycles. The predicted molar refractivity (Wildman–Crippen MR) is 65.1 cm³/mol. The summed E-state index contributed by atoms with van der Waals surface area (Å²) in [6.45, 7) is 4.23. The van der Waals surface area contributed by atoms with E-state index in [1.165, 1.54) is 0 Å². The molecule has 16 heavy (non-hydrogen) atoms. The molecule has 0 aromatic carbocycles. The van der Waals surface area contributed by atoms with Crippen LogP contribution in [0.1, 0.15) is 39.5 Å². The monoisotopic (exact) mass is 218 g/mol. The summed E-state index contributed by atoms with van der Waals surface area (Å²) in [6, 6.07) is 0. The standard InChI is InChI=1S/C13H18N2O/c1-3-8-13(9-4-2)12(16)14-11-7-5-6-10-15(11)13/h5-7,10H,3-4,8-9H2,1-2H3. The normalized spacial score (nSPS) is 21.2. The molecule has 3 nitrogen and oxygen atoms in total. The number of nitrogens with zero attached hydrogens (tertiary/aromatic N) is 2. The summed E-state index contributed by atoms with van der Waals surface area (Å²) >= 11 is 0. The van der Waals surface area contributed by atoms with Crippen LogP contribution in [0.5, 0.6) is 0 Å². The number of rotatable bonds is 4. The SMILES string of the molecule is CCCC1(CCC)C(=O)N=C2C=CC=CN21. The maximum atomic E-state index is 12.1. The van der Waals surface area contributed by atoms with Gasteiger partial charge in [-0.1, -0.05) is 32.8 Å². The first-order valence-corrected chi connectivity index (χ1v) is 6.02. The molecule has 2 heterocycles. The summed E-state index contributed by atoms with van der Waals surface area (Å²) in [5.41, 5.74) is -0.403. The van der Waals surface area contributed by atoms with Crippen molar-refractivity contribution >= 4 is 11.7 Å². The molecular formula is C13H18N2O. The average Bonchev–Trinajstić information content (AvgIpc) is 2.54. The maximum absolute atomic E-state index is 12.1. The Labute approximate surface area is 96.5 Å². The molecule has 2 aliphatic rings. The van der Waals surface area contributed by atoms with Crippen LogP contribution in [0.3, 0.4) is 0 Å². The Bertz CT molecular complexity index is 373. The molecule has 0 saturated carbocycles. The summed E-state index contributed by atoms with van der Waals surface area (Å²) in [4.78, 5) is 18.4. The van der Waals surface area contributed by atoms with Crippen LogP contribution in [0.4, 0.5) is 0 Å². The van der Waals surface area contributed by atoms with Crippen molar-refractivity contribution in [2.45, 2.75) is 45.1 Å². The van der Waals surface area contributed by atoms with Crippen LogP contribution in [-0.4, -0.2) is 22.2 Å². The van der Waals surface area contributed by atoms with Crippen LogP contribution in [0.2, 0.25) is 0 Å². The number of hydrogen-bond donors (Lipinski definition) is 0. The van der Waals surface area contributed by atoms with E-state index >= 15 is 0 Å². The van der Waals surface area contributed by atoms with E-state index in [2.05, 4.69) is 23.7 Å². The lowest BCUT2D eigenvalue weighted by atomic mass is 9.87. The smallest absolute Gasteiger partial charge is 0.273 e. The van der Waals surface area contributed by atoms with Gasteiger partial charge in [-0.15, -0.1) is 0 Å². The van der Waals surface area contributed by atoms with Gasteiger partial charge >= 0.3 is 0 Å². The molecule has 0 saturated heterocycles. The Morgan fingerprint density at radius 2 is 1.94 bits per heavy atom. The first-order chi connectivity index (χ1) is 7.74. The van der Waals surface area contributed by atoms with Gasteiger partial charge < -0.3 is 4.90 Å². The van der Waals surface area contributed by atoms with Gasteiger partial charge in [0.25, 0.3) is 5.91 Å². The molecule has 0 bridgehead atoms. The molecule has 0 aromatic rings. The Balaban J connectivity index is 2.35. The van der Waals surface area contributed by atoms with Crippen molar-refractivity contribution in [3.8, 4) is 0 Å². The quantitative estimate of drug-likeness (QED) is 0.726. The van der Waals surface area contributed by atoms with Gasteiger partial charge in [-0.2, -0.15) is 4.99 Å². The van der Waals surface area contributed by atoms with Gasteiger partial charge in [0.1, 0.15) is 11.4 Å². The number of fused-ring (bicyclic) bond motifs is 1. The van der Waals surface area contributed by atoms with E-state index in [1.54, 1.807) is 0 Å². The van der Waals surface area contributed by atoms with Gasteiger partial charge in [-0.3, -0.25) is 4.79 Å². The molecule has 0 fully saturated rings. The fourth-order valence-electron chi connectivity index (χ4n) is 2.61. The molecule has 86 valence electrons. The molecule has 0 atom stereocenters. The summed E-state index contributed by atoms with van der Waals surface area (Å²) in [5.74, 6) is 0.830. The van der Waals surface area contributed by atoms with E-state index in [0.717, 1.165) is 31.5 Å². The number of amides is 1. The lowest BCUT2D eigenvalue weighted by Crippen LogP contribution is -2.48. The molecule has 3 heteroatoms. The van der Waals surface area contributed by atoms with E-state index < -0.39 is 5.54 Å². The van der Waals surface area contributed by atoms with Gasteiger partial charge in [0.2, 0.25) is 0 Å². The summed E-state index contributed by atoms with van der Waals surface area (Å²) in [5, 5.41) is 0. The fourth-order valence-corrected chi connectivity index (χ4v) is 2.61. The second kappa shape index (κ2) is 4.24. The minimum absolute atomic E-state index is 0.0300. The number of hydrogen-bond acceptors (Lipinski definition) is 2. The molecule has 0 radical (unpaired) electrons. The minimum Gasteiger partial charge on any atom is -0.318 e. The largest absolute Gasteiger partial charge is 0.318 e. The molecular weight excluding hydrogens is 200 g/mol. The highest BCUT2D eigenvalue weighted by atomic mass is 16.2. The third kappa shape index (κ3) is 1.51. The van der Waals surface area contributed by atoms with E-state index in [-0.39, 0.29) is 5.91 Å². The lowest BCUT2D eigenvalue weighted by molar-refractivity contribution is -0.125. The second-order valence-corrected chi connectivity index (χ2v) is 4.38. The Hall–Kier alpha value is -1.38. The van der Waals surface area contributed by atoms with Gasteiger partial charge in [0.15, 0.2) is 0 Å². The van der Waals surface area contributed by atoms with Crippen LogP contribution < -0.4 is 0 Å². The number of carbonyl (C=O) groups excluding carboxylic acids is 1. The molecule has 0 unspecified atom stereocenters. The minimum atomic E-state index is -0.403. The first-order valence-electron chi connectivity index (χ1n) is 6.02. The van der Waals surface area contributed by atoms with E-state index in [9.17, 15) is 4.79 Å². The van der Waals surface area contributed by atoms with Crippen molar-refractivity contribution in [2.75, 3.05) is 0 Å². The van der Waals surface area contributed by atoms with Gasteiger partial charge in [-0.05, 0) is 25.0 Å². The maximum Gasteiger partial charge on any atom is 0.273 e. The van der Waals surface area contributed by atoms with Crippen LogP contribution in [0.25, 0.3) is 0 Å². The number of aliphatic imine (C=N–C) groups is 1. The zero-order valence-corrected chi connectivity index (χ0v) is 9.94. The topological polar surface area (TPSA) is 32.7 Å². The molecule has 2 rings (SSSR count). The lowest BCUT2D eigenvalue weighted by Gasteiger charge is -2.36. The highest BCUT2D eigenvalue weighted by Crippen LogP contribution is 2.35. The van der Waals surface area contributed by atoms with Crippen molar-refractivity contribution < 1.29 is 4.79 Å². The van der Waals surface area contributed by atoms with E-state index in [0.29, 0.717) is 0 Å². The molecule has 0 spiro atoms. The molecule has 1 amide bonds. The number of allylic oxidation sites excluding steroid dienone is 2. The molecule has 0 aromatic heterocycles. The highest BCUT2D eigenvalue weighted by molar-refractivity contribution is 6.12. The van der Waals surface area contributed by atoms with E-state index in [1.807, 2.05) is 24.4 Å². The zero-order chi connectivity index (χ0) is 11.6. The van der Waals surface area contributed by atoms with Crippen molar-refractivity contribution in [3.63, 3.8) is 0 Å². The predicted octanol–water partition coefficient (Wildman–Crippen LogP) is 2.65. The molecule has 2 aliphatic heterocycles. The van der Waals surface area contributed by atoms with E-state index in [4.69, 9.17) is 0 Å². The average molecular weight is 218 g/mol. The van der Waals surface area contributed by atoms with Gasteiger partial charge in [0.05, 0.1) is 0 Å². The second-order valence-electron chi connectivity index (χ2n) is 4.38. The third-order valence-corrected chi connectivity index (χ3v) is 3.24. The van der Waals surface area contributed by atoms with Crippen LogP contribution >= 0.6 is 0 Å². The fraction of sp³-hybridized carbons (Fsp3) is 0.538. The van der Waals surface area contributed by atoms with Crippen molar-refractivity contribution in [2.24, 2.45) is 4.99 Å². The van der Waals surface area contributed by atoms with Gasteiger partial charge in [-0.25, -0.2) is 0 Å².